The van der Waals surface area contributed by atoms with Gasteiger partial charge in [0.25, 0.3) is 0 Å². The molecular formula is C12H11F3N4. The molecule has 0 saturated carbocycles. The lowest BCUT2D eigenvalue weighted by molar-refractivity contribution is -0.141. The number of hydrogen-bond donors (Lipinski definition) is 2. The van der Waals surface area contributed by atoms with Crippen molar-refractivity contribution in [1.29, 1.82) is 0 Å². The van der Waals surface area contributed by atoms with Crippen LogP contribution < -0.4 is 11.3 Å². The summed E-state index contributed by atoms with van der Waals surface area (Å²) in [5.74, 6) is 4.82. The average Bonchev–Trinajstić information content (AvgIpc) is 2.38. The second-order valence-corrected chi connectivity index (χ2v) is 3.97. The number of hydrazine groups is 1. The summed E-state index contributed by atoms with van der Waals surface area (Å²) in [6, 6.07) is 7.86. The standard InChI is InChI=1S/C12H11F3N4/c1-7-2-4-8(5-3-7)9-6-10(12(13,14)15)18-11(17-9)19-16/h2-6H,16H2,1H3,(H,17,18,19). The van der Waals surface area contributed by atoms with Gasteiger partial charge in [-0.15, -0.1) is 0 Å². The van der Waals surface area contributed by atoms with Gasteiger partial charge < -0.3 is 0 Å². The molecule has 2 aromatic rings. The molecule has 1 aromatic heterocycles. The smallest absolute Gasteiger partial charge is 0.292 e. The number of aryl methyl sites for hydroxylation is 1. The van der Waals surface area contributed by atoms with E-state index >= 15 is 0 Å². The third-order valence-corrected chi connectivity index (χ3v) is 2.49. The molecule has 3 N–H and O–H groups in total. The van der Waals surface area contributed by atoms with E-state index in [1.807, 2.05) is 12.3 Å². The van der Waals surface area contributed by atoms with E-state index in [0.29, 0.717) is 5.56 Å². The minimum atomic E-state index is -4.55. The quantitative estimate of drug-likeness (QED) is 0.649. The zero-order valence-electron chi connectivity index (χ0n) is 9.99. The fourth-order valence-corrected chi connectivity index (χ4v) is 1.53. The van der Waals surface area contributed by atoms with Crippen LogP contribution in [0.1, 0.15) is 11.3 Å². The zero-order valence-corrected chi connectivity index (χ0v) is 9.99. The fraction of sp³-hybridized carbons (Fsp3) is 0.167. The third kappa shape index (κ3) is 3.00. The molecule has 0 spiro atoms. The number of benzene rings is 1. The lowest BCUT2D eigenvalue weighted by Crippen LogP contribution is -2.15. The van der Waals surface area contributed by atoms with E-state index in [2.05, 4.69) is 9.97 Å². The summed E-state index contributed by atoms with van der Waals surface area (Å²) in [6.07, 6.45) is -4.55. The van der Waals surface area contributed by atoms with E-state index in [4.69, 9.17) is 5.84 Å². The Labute approximate surface area is 107 Å². The lowest BCUT2D eigenvalue weighted by atomic mass is 10.1. The SMILES string of the molecule is Cc1ccc(-c2cc(C(F)(F)F)nc(NN)n2)cc1. The highest BCUT2D eigenvalue weighted by Crippen LogP contribution is 2.30. The Morgan fingerprint density at radius 1 is 1.11 bits per heavy atom. The van der Waals surface area contributed by atoms with Gasteiger partial charge in [0.05, 0.1) is 5.69 Å². The van der Waals surface area contributed by atoms with Crippen LogP contribution in [0.15, 0.2) is 30.3 Å². The van der Waals surface area contributed by atoms with Gasteiger partial charge in [0, 0.05) is 5.56 Å². The second-order valence-electron chi connectivity index (χ2n) is 3.97. The van der Waals surface area contributed by atoms with Crippen molar-refractivity contribution in [2.75, 3.05) is 5.43 Å². The number of nitrogen functional groups attached to an aromatic ring is 1. The molecule has 0 radical (unpaired) electrons. The molecule has 0 fully saturated rings. The first kappa shape index (κ1) is 13.3. The van der Waals surface area contributed by atoms with Gasteiger partial charge >= 0.3 is 6.18 Å². The predicted octanol–water partition coefficient (Wildman–Crippen LogP) is 2.76. The van der Waals surface area contributed by atoms with Crippen LogP contribution in [0.4, 0.5) is 19.1 Å². The number of nitrogens with one attached hydrogen (secondary N) is 1. The van der Waals surface area contributed by atoms with Crippen LogP contribution in [0, 0.1) is 6.92 Å². The second kappa shape index (κ2) is 4.85. The number of alkyl halides is 3. The number of nitrogens with two attached hydrogens (primary N) is 1. The Bertz CT molecular complexity index is 579. The first-order valence-corrected chi connectivity index (χ1v) is 5.40. The van der Waals surface area contributed by atoms with E-state index in [0.717, 1.165) is 11.6 Å². The molecule has 2 rings (SSSR count). The molecule has 0 unspecified atom stereocenters. The fourth-order valence-electron chi connectivity index (χ4n) is 1.53. The molecule has 0 aliphatic carbocycles. The lowest BCUT2D eigenvalue weighted by Gasteiger charge is -2.10. The molecule has 0 aliphatic rings. The highest BCUT2D eigenvalue weighted by atomic mass is 19.4. The van der Waals surface area contributed by atoms with Crippen LogP contribution in [-0.4, -0.2) is 9.97 Å². The van der Waals surface area contributed by atoms with Crippen LogP contribution in [0.25, 0.3) is 11.3 Å². The molecule has 0 bridgehead atoms. The Morgan fingerprint density at radius 3 is 2.26 bits per heavy atom. The Balaban J connectivity index is 2.54. The molecule has 0 amide bonds. The largest absolute Gasteiger partial charge is 0.433 e. The molecular weight excluding hydrogens is 257 g/mol. The van der Waals surface area contributed by atoms with E-state index in [9.17, 15) is 13.2 Å². The van der Waals surface area contributed by atoms with Crippen LogP contribution in [0.5, 0.6) is 0 Å². The molecule has 0 saturated heterocycles. The third-order valence-electron chi connectivity index (χ3n) is 2.49. The molecule has 1 heterocycles. The summed E-state index contributed by atoms with van der Waals surface area (Å²) in [5.41, 5.74) is 2.74. The summed E-state index contributed by atoms with van der Waals surface area (Å²) in [7, 11) is 0. The summed E-state index contributed by atoms with van der Waals surface area (Å²) in [4.78, 5) is 7.21. The van der Waals surface area contributed by atoms with Crippen molar-refractivity contribution in [1.82, 2.24) is 9.97 Å². The van der Waals surface area contributed by atoms with E-state index in [1.165, 1.54) is 0 Å². The number of anilines is 1. The molecule has 7 heteroatoms. The maximum atomic E-state index is 12.7. The van der Waals surface area contributed by atoms with Crippen molar-refractivity contribution < 1.29 is 13.2 Å². The topological polar surface area (TPSA) is 63.8 Å². The van der Waals surface area contributed by atoms with Crippen molar-refractivity contribution in [3.63, 3.8) is 0 Å². The van der Waals surface area contributed by atoms with Crippen LogP contribution in [-0.2, 0) is 6.18 Å². The van der Waals surface area contributed by atoms with Crippen molar-refractivity contribution in [3.8, 4) is 11.3 Å². The maximum Gasteiger partial charge on any atom is 0.433 e. The molecule has 1 aromatic carbocycles. The molecule has 19 heavy (non-hydrogen) atoms. The number of nitrogens with zero attached hydrogens (tertiary/aromatic N) is 2. The van der Waals surface area contributed by atoms with Crippen LogP contribution in [0.3, 0.4) is 0 Å². The minimum Gasteiger partial charge on any atom is -0.292 e. The summed E-state index contributed by atoms with van der Waals surface area (Å²) in [6.45, 7) is 1.89. The minimum absolute atomic E-state index is 0.162. The van der Waals surface area contributed by atoms with Gasteiger partial charge in [0.15, 0.2) is 5.69 Å². The van der Waals surface area contributed by atoms with Gasteiger partial charge in [-0.05, 0) is 13.0 Å². The molecule has 4 nitrogen and oxygen atoms in total. The highest BCUT2D eigenvalue weighted by Gasteiger charge is 2.33. The Morgan fingerprint density at radius 2 is 1.74 bits per heavy atom. The first-order valence-electron chi connectivity index (χ1n) is 5.40. The average molecular weight is 268 g/mol. The van der Waals surface area contributed by atoms with Crippen LogP contribution >= 0.6 is 0 Å². The van der Waals surface area contributed by atoms with Gasteiger partial charge in [0.1, 0.15) is 0 Å². The van der Waals surface area contributed by atoms with Crippen LogP contribution in [0.2, 0.25) is 0 Å². The van der Waals surface area contributed by atoms with E-state index < -0.39 is 11.9 Å². The number of halogens is 3. The van der Waals surface area contributed by atoms with E-state index in [-0.39, 0.29) is 11.6 Å². The number of hydrogen-bond acceptors (Lipinski definition) is 4. The maximum absolute atomic E-state index is 12.7. The monoisotopic (exact) mass is 268 g/mol. The first-order chi connectivity index (χ1) is 8.90. The number of aromatic nitrogens is 2. The molecule has 100 valence electrons. The summed E-state index contributed by atoms with van der Waals surface area (Å²) < 4.78 is 38.1. The van der Waals surface area contributed by atoms with Gasteiger partial charge in [-0.1, -0.05) is 29.8 Å². The van der Waals surface area contributed by atoms with Crippen molar-refractivity contribution >= 4 is 5.95 Å². The van der Waals surface area contributed by atoms with Crippen molar-refractivity contribution in [2.45, 2.75) is 13.1 Å². The summed E-state index contributed by atoms with van der Waals surface area (Å²) >= 11 is 0. The Hall–Kier alpha value is -2.15. The zero-order chi connectivity index (χ0) is 14.0. The highest BCUT2D eigenvalue weighted by molar-refractivity contribution is 5.61. The van der Waals surface area contributed by atoms with E-state index in [1.54, 1.807) is 24.3 Å². The van der Waals surface area contributed by atoms with Gasteiger partial charge in [-0.25, -0.2) is 15.8 Å². The molecule has 0 atom stereocenters. The summed E-state index contributed by atoms with van der Waals surface area (Å²) in [5, 5.41) is 0. The van der Waals surface area contributed by atoms with Gasteiger partial charge in [-0.2, -0.15) is 13.2 Å². The normalized spacial score (nSPS) is 11.4. The van der Waals surface area contributed by atoms with Crippen molar-refractivity contribution in [3.05, 3.63) is 41.6 Å². The molecule has 0 aliphatic heterocycles. The van der Waals surface area contributed by atoms with Gasteiger partial charge in [-0.3, -0.25) is 5.43 Å². The van der Waals surface area contributed by atoms with Crippen molar-refractivity contribution in [2.24, 2.45) is 5.84 Å². The van der Waals surface area contributed by atoms with Gasteiger partial charge in [0.2, 0.25) is 5.95 Å². The number of rotatable bonds is 2. The predicted molar refractivity (Wildman–Crippen MR) is 65.0 cm³/mol. The Kier molecular flexibility index (Phi) is 3.39.